The number of rotatable bonds is 7. The molecule has 0 unspecified atom stereocenters. The number of carbonyl (C=O) groups excluding carboxylic acids is 2. The third-order valence-electron chi connectivity index (χ3n) is 4.37. The minimum Gasteiger partial charge on any atom is -0.348 e. The molecule has 0 radical (unpaired) electrons. The Labute approximate surface area is 179 Å². The van der Waals surface area contributed by atoms with Crippen LogP contribution in [-0.2, 0) is 17.8 Å². The summed E-state index contributed by atoms with van der Waals surface area (Å²) in [4.78, 5) is 25.0. The van der Waals surface area contributed by atoms with Crippen molar-refractivity contribution in [2.75, 3.05) is 5.32 Å². The molecule has 0 aliphatic heterocycles. The van der Waals surface area contributed by atoms with Gasteiger partial charge in [-0.2, -0.15) is 0 Å². The molecule has 0 saturated carbocycles. The summed E-state index contributed by atoms with van der Waals surface area (Å²) in [7, 11) is 0. The number of nitrogens with one attached hydrogen (secondary N) is 2. The predicted octanol–water partition coefficient (Wildman–Crippen LogP) is 5.49. The van der Waals surface area contributed by atoms with Gasteiger partial charge < -0.3 is 10.6 Å². The van der Waals surface area contributed by atoms with Crippen molar-refractivity contribution in [1.82, 2.24) is 5.32 Å². The standard InChI is InChI=1S/C23H20Cl2N2O2/c24-19-12-10-16(14-20(19)25)11-13-22(28)27-21-9-5-4-8-18(21)23(29)26-15-17-6-2-1-3-7-17/h1-10,12,14H,11,13,15H2,(H,26,29)(H,27,28). The highest BCUT2D eigenvalue weighted by Gasteiger charge is 2.13. The van der Waals surface area contributed by atoms with Crippen LogP contribution in [-0.4, -0.2) is 11.8 Å². The van der Waals surface area contributed by atoms with Gasteiger partial charge in [-0.25, -0.2) is 0 Å². The molecule has 0 aliphatic rings. The molecule has 3 rings (SSSR count). The van der Waals surface area contributed by atoms with Crippen molar-refractivity contribution in [3.63, 3.8) is 0 Å². The molecule has 3 aromatic carbocycles. The lowest BCUT2D eigenvalue weighted by molar-refractivity contribution is -0.116. The number of benzene rings is 3. The number of hydrogen-bond acceptors (Lipinski definition) is 2. The SMILES string of the molecule is O=C(CCc1ccc(Cl)c(Cl)c1)Nc1ccccc1C(=O)NCc1ccccc1. The van der Waals surface area contributed by atoms with E-state index in [9.17, 15) is 9.59 Å². The largest absolute Gasteiger partial charge is 0.348 e. The van der Waals surface area contributed by atoms with Crippen LogP contribution in [0.1, 0.15) is 27.9 Å². The summed E-state index contributed by atoms with van der Waals surface area (Å²) in [5.74, 6) is -0.423. The molecular weight excluding hydrogens is 407 g/mol. The van der Waals surface area contributed by atoms with Crippen molar-refractivity contribution in [2.24, 2.45) is 0 Å². The van der Waals surface area contributed by atoms with Gasteiger partial charge in [0.2, 0.25) is 5.91 Å². The monoisotopic (exact) mass is 426 g/mol. The van der Waals surface area contributed by atoms with Crippen LogP contribution in [0.25, 0.3) is 0 Å². The maximum atomic E-state index is 12.6. The average Bonchev–Trinajstić information content (AvgIpc) is 2.74. The van der Waals surface area contributed by atoms with Gasteiger partial charge in [-0.1, -0.05) is 71.7 Å². The molecular formula is C23H20Cl2N2O2. The highest BCUT2D eigenvalue weighted by atomic mass is 35.5. The van der Waals surface area contributed by atoms with Gasteiger partial charge in [-0.3, -0.25) is 9.59 Å². The molecule has 6 heteroatoms. The van der Waals surface area contributed by atoms with Crippen LogP contribution in [0.5, 0.6) is 0 Å². The zero-order valence-corrected chi connectivity index (χ0v) is 17.1. The summed E-state index contributed by atoms with van der Waals surface area (Å²) in [6, 6.07) is 21.9. The molecule has 2 amide bonds. The van der Waals surface area contributed by atoms with E-state index in [0.717, 1.165) is 11.1 Å². The first-order chi connectivity index (χ1) is 14.0. The molecule has 4 nitrogen and oxygen atoms in total. The number of carbonyl (C=O) groups is 2. The van der Waals surface area contributed by atoms with Crippen molar-refractivity contribution in [1.29, 1.82) is 0 Å². The van der Waals surface area contributed by atoms with E-state index in [-0.39, 0.29) is 18.2 Å². The summed E-state index contributed by atoms with van der Waals surface area (Å²) in [5, 5.41) is 6.65. The first kappa shape index (κ1) is 20.9. The number of hydrogen-bond donors (Lipinski definition) is 2. The van der Waals surface area contributed by atoms with E-state index in [1.54, 1.807) is 36.4 Å². The number of aryl methyl sites for hydroxylation is 1. The van der Waals surface area contributed by atoms with E-state index in [1.807, 2.05) is 36.4 Å². The van der Waals surface area contributed by atoms with E-state index in [0.29, 0.717) is 34.3 Å². The molecule has 0 atom stereocenters. The van der Waals surface area contributed by atoms with Gasteiger partial charge in [0.15, 0.2) is 0 Å². The molecule has 0 aromatic heterocycles. The van der Waals surface area contributed by atoms with Crippen molar-refractivity contribution in [2.45, 2.75) is 19.4 Å². The number of anilines is 1. The van der Waals surface area contributed by atoms with Gasteiger partial charge in [-0.15, -0.1) is 0 Å². The van der Waals surface area contributed by atoms with Gasteiger partial charge in [0.25, 0.3) is 5.91 Å². The summed E-state index contributed by atoms with van der Waals surface area (Å²) < 4.78 is 0. The van der Waals surface area contributed by atoms with Crippen molar-refractivity contribution in [3.05, 3.63) is 99.5 Å². The van der Waals surface area contributed by atoms with Crippen molar-refractivity contribution >= 4 is 40.7 Å². The smallest absolute Gasteiger partial charge is 0.253 e. The lowest BCUT2D eigenvalue weighted by atomic mass is 10.1. The number of amides is 2. The highest BCUT2D eigenvalue weighted by Crippen LogP contribution is 2.23. The zero-order valence-electron chi connectivity index (χ0n) is 15.6. The molecule has 0 spiro atoms. The lowest BCUT2D eigenvalue weighted by Gasteiger charge is -2.12. The Bertz CT molecular complexity index is 1010. The van der Waals surface area contributed by atoms with Crippen LogP contribution in [0.15, 0.2) is 72.8 Å². The van der Waals surface area contributed by atoms with Crippen molar-refractivity contribution < 1.29 is 9.59 Å². The Morgan fingerprint density at radius 2 is 1.52 bits per heavy atom. The lowest BCUT2D eigenvalue weighted by Crippen LogP contribution is -2.24. The molecule has 3 aromatic rings. The van der Waals surface area contributed by atoms with E-state index in [1.165, 1.54) is 0 Å². The molecule has 0 fully saturated rings. The third kappa shape index (κ3) is 6.08. The highest BCUT2D eigenvalue weighted by molar-refractivity contribution is 6.42. The van der Waals surface area contributed by atoms with E-state index in [2.05, 4.69) is 10.6 Å². The van der Waals surface area contributed by atoms with Crippen LogP contribution in [0.4, 0.5) is 5.69 Å². The first-order valence-electron chi connectivity index (χ1n) is 9.18. The van der Waals surface area contributed by atoms with E-state index in [4.69, 9.17) is 23.2 Å². The van der Waals surface area contributed by atoms with Crippen LogP contribution in [0.3, 0.4) is 0 Å². The number of para-hydroxylation sites is 1. The van der Waals surface area contributed by atoms with Gasteiger partial charge in [0.05, 0.1) is 21.3 Å². The second kappa shape index (κ2) is 10.1. The minimum atomic E-state index is -0.241. The normalized spacial score (nSPS) is 10.4. The third-order valence-corrected chi connectivity index (χ3v) is 5.11. The van der Waals surface area contributed by atoms with Gasteiger partial charge >= 0.3 is 0 Å². The van der Waals surface area contributed by atoms with Gasteiger partial charge in [0, 0.05) is 13.0 Å². The predicted molar refractivity (Wildman–Crippen MR) is 117 cm³/mol. The molecule has 2 N–H and O–H groups in total. The Hall–Kier alpha value is -2.82. The summed E-state index contributed by atoms with van der Waals surface area (Å²) in [6.45, 7) is 0.416. The molecule has 148 valence electrons. The number of halogens is 2. The Kier molecular flexibility index (Phi) is 7.28. The topological polar surface area (TPSA) is 58.2 Å². The quantitative estimate of drug-likeness (QED) is 0.524. The molecule has 0 aliphatic carbocycles. The average molecular weight is 427 g/mol. The Morgan fingerprint density at radius 1 is 0.793 bits per heavy atom. The first-order valence-corrected chi connectivity index (χ1v) is 9.93. The fourth-order valence-corrected chi connectivity index (χ4v) is 3.15. The summed E-state index contributed by atoms with van der Waals surface area (Å²) in [6.07, 6.45) is 0.781. The van der Waals surface area contributed by atoms with E-state index >= 15 is 0 Å². The zero-order chi connectivity index (χ0) is 20.6. The summed E-state index contributed by atoms with van der Waals surface area (Å²) >= 11 is 11.9. The molecule has 0 bridgehead atoms. The molecule has 29 heavy (non-hydrogen) atoms. The second-order valence-electron chi connectivity index (χ2n) is 6.51. The van der Waals surface area contributed by atoms with Gasteiger partial charge in [0.1, 0.15) is 0 Å². The Morgan fingerprint density at radius 3 is 2.28 bits per heavy atom. The van der Waals surface area contributed by atoms with Crippen LogP contribution >= 0.6 is 23.2 Å². The maximum Gasteiger partial charge on any atom is 0.253 e. The fraction of sp³-hybridized carbons (Fsp3) is 0.130. The van der Waals surface area contributed by atoms with Crippen LogP contribution in [0, 0.1) is 0 Å². The summed E-state index contributed by atoms with van der Waals surface area (Å²) in [5.41, 5.74) is 2.83. The Balaban J connectivity index is 1.59. The van der Waals surface area contributed by atoms with Crippen molar-refractivity contribution in [3.8, 4) is 0 Å². The molecule has 0 heterocycles. The van der Waals surface area contributed by atoms with E-state index < -0.39 is 0 Å². The fourth-order valence-electron chi connectivity index (χ4n) is 2.83. The minimum absolute atomic E-state index is 0.181. The van der Waals surface area contributed by atoms with Gasteiger partial charge in [-0.05, 0) is 41.8 Å². The maximum absolute atomic E-state index is 12.6. The second-order valence-corrected chi connectivity index (χ2v) is 7.32. The van der Waals surface area contributed by atoms with Crippen LogP contribution < -0.4 is 10.6 Å². The van der Waals surface area contributed by atoms with Crippen LogP contribution in [0.2, 0.25) is 10.0 Å². The molecule has 0 saturated heterocycles.